The van der Waals surface area contributed by atoms with Gasteiger partial charge in [0.05, 0.1) is 6.04 Å². The zero-order chi connectivity index (χ0) is 25.9. The van der Waals surface area contributed by atoms with Gasteiger partial charge in [-0.05, 0) is 30.6 Å². The van der Waals surface area contributed by atoms with Crippen molar-refractivity contribution in [1.82, 2.24) is 16.0 Å². The molecule has 33 heavy (non-hydrogen) atoms. The molecule has 0 aromatic heterocycles. The Morgan fingerprint density at radius 2 is 1.36 bits per heavy atom. The average Bonchev–Trinajstić information content (AvgIpc) is 2.71. The van der Waals surface area contributed by atoms with Crippen LogP contribution in [0.1, 0.15) is 67.2 Å². The van der Waals surface area contributed by atoms with Crippen LogP contribution < -0.4 is 27.4 Å². The Bertz CT molecular complexity index is 697. The van der Waals surface area contributed by atoms with Crippen LogP contribution in [0.2, 0.25) is 0 Å². The molecule has 8 N–H and O–H groups in total. The van der Waals surface area contributed by atoms with Gasteiger partial charge in [-0.15, -0.1) is 0 Å². The molecule has 11 nitrogen and oxygen atoms in total. The SMILES string of the molecule is CCC(C)C(N)C(=O)NC(CC(C)C)C(=O)NC(CCC(N)=O)C(=O)NC(C(=O)O)C(C)C. The van der Waals surface area contributed by atoms with Gasteiger partial charge < -0.3 is 32.5 Å². The lowest BCUT2D eigenvalue weighted by Gasteiger charge is -2.27. The number of rotatable bonds is 15. The normalized spacial score (nSPS) is 15.8. The van der Waals surface area contributed by atoms with Crippen molar-refractivity contribution in [3.63, 3.8) is 0 Å². The van der Waals surface area contributed by atoms with E-state index < -0.39 is 59.7 Å². The van der Waals surface area contributed by atoms with Crippen molar-refractivity contribution in [2.75, 3.05) is 0 Å². The third-order valence-corrected chi connectivity index (χ3v) is 5.44. The number of hydrogen-bond acceptors (Lipinski definition) is 6. The van der Waals surface area contributed by atoms with E-state index in [1.54, 1.807) is 13.8 Å². The van der Waals surface area contributed by atoms with Crippen LogP contribution in [-0.4, -0.2) is 58.9 Å². The van der Waals surface area contributed by atoms with E-state index in [4.69, 9.17) is 11.5 Å². The molecule has 190 valence electrons. The quantitative estimate of drug-likeness (QED) is 0.191. The first kappa shape index (κ1) is 30.3. The van der Waals surface area contributed by atoms with Crippen molar-refractivity contribution < 1.29 is 29.1 Å². The molecule has 0 aliphatic heterocycles. The number of carboxylic acid groups (broad SMARTS) is 1. The minimum atomic E-state index is -1.22. The molecule has 0 aromatic rings. The highest BCUT2D eigenvalue weighted by molar-refractivity contribution is 5.94. The predicted molar refractivity (Wildman–Crippen MR) is 124 cm³/mol. The first-order chi connectivity index (χ1) is 15.2. The summed E-state index contributed by atoms with van der Waals surface area (Å²) in [5.41, 5.74) is 11.2. The van der Waals surface area contributed by atoms with Crippen molar-refractivity contribution in [1.29, 1.82) is 0 Å². The van der Waals surface area contributed by atoms with Crippen LogP contribution in [0, 0.1) is 17.8 Å². The fourth-order valence-electron chi connectivity index (χ4n) is 3.08. The molecule has 0 fully saturated rings. The Hall–Kier alpha value is -2.69. The van der Waals surface area contributed by atoms with E-state index in [1.165, 1.54) is 0 Å². The first-order valence-electron chi connectivity index (χ1n) is 11.4. The van der Waals surface area contributed by atoms with E-state index in [0.29, 0.717) is 12.8 Å². The molecule has 0 radical (unpaired) electrons. The van der Waals surface area contributed by atoms with E-state index in [2.05, 4.69) is 16.0 Å². The van der Waals surface area contributed by atoms with Gasteiger partial charge >= 0.3 is 5.97 Å². The van der Waals surface area contributed by atoms with Crippen molar-refractivity contribution in [3.8, 4) is 0 Å². The summed E-state index contributed by atoms with van der Waals surface area (Å²) in [6.07, 6.45) is 0.661. The van der Waals surface area contributed by atoms with Crippen LogP contribution in [0.25, 0.3) is 0 Å². The molecule has 11 heteroatoms. The van der Waals surface area contributed by atoms with Gasteiger partial charge in [-0.25, -0.2) is 4.79 Å². The summed E-state index contributed by atoms with van der Waals surface area (Å²) in [6, 6.07) is -4.14. The fraction of sp³-hybridized carbons (Fsp3) is 0.773. The molecule has 0 heterocycles. The maximum absolute atomic E-state index is 13.0. The summed E-state index contributed by atoms with van der Waals surface area (Å²) in [5.74, 6) is -4.22. The molecule has 0 saturated heterocycles. The van der Waals surface area contributed by atoms with Crippen LogP contribution in [0.4, 0.5) is 0 Å². The summed E-state index contributed by atoms with van der Waals surface area (Å²) in [5, 5.41) is 16.9. The van der Waals surface area contributed by atoms with Gasteiger partial charge in [-0.3, -0.25) is 19.2 Å². The Kier molecular flexibility index (Phi) is 13.3. The Morgan fingerprint density at radius 3 is 1.79 bits per heavy atom. The molecule has 0 aliphatic rings. The summed E-state index contributed by atoms with van der Waals surface area (Å²) < 4.78 is 0. The largest absolute Gasteiger partial charge is 0.480 e. The maximum atomic E-state index is 13.0. The minimum absolute atomic E-state index is 0.0381. The third kappa shape index (κ3) is 11.1. The topological polar surface area (TPSA) is 194 Å². The molecular formula is C22H41N5O6. The molecule has 5 unspecified atom stereocenters. The smallest absolute Gasteiger partial charge is 0.326 e. The number of nitrogens with two attached hydrogens (primary N) is 2. The first-order valence-corrected chi connectivity index (χ1v) is 11.4. The zero-order valence-electron chi connectivity index (χ0n) is 20.5. The lowest BCUT2D eigenvalue weighted by Crippen LogP contribution is -2.58. The molecule has 0 aromatic carbocycles. The highest BCUT2D eigenvalue weighted by Gasteiger charge is 2.32. The second-order valence-electron chi connectivity index (χ2n) is 9.24. The highest BCUT2D eigenvalue weighted by Crippen LogP contribution is 2.10. The van der Waals surface area contributed by atoms with Gasteiger partial charge in [-0.1, -0.05) is 48.0 Å². The van der Waals surface area contributed by atoms with Gasteiger partial charge in [-0.2, -0.15) is 0 Å². The number of primary amides is 1. The Morgan fingerprint density at radius 1 is 0.848 bits per heavy atom. The highest BCUT2D eigenvalue weighted by atomic mass is 16.4. The van der Waals surface area contributed by atoms with Gasteiger partial charge in [0, 0.05) is 6.42 Å². The van der Waals surface area contributed by atoms with Crippen LogP contribution in [0.5, 0.6) is 0 Å². The van der Waals surface area contributed by atoms with Crippen molar-refractivity contribution in [2.24, 2.45) is 29.2 Å². The van der Waals surface area contributed by atoms with E-state index in [9.17, 15) is 29.1 Å². The molecule has 0 spiro atoms. The molecule has 0 saturated carbocycles. The number of hydrogen-bond donors (Lipinski definition) is 6. The number of nitrogens with one attached hydrogen (secondary N) is 3. The summed E-state index contributed by atoms with van der Waals surface area (Å²) >= 11 is 0. The van der Waals surface area contributed by atoms with Crippen molar-refractivity contribution in [3.05, 3.63) is 0 Å². The minimum Gasteiger partial charge on any atom is -0.480 e. The molecular weight excluding hydrogens is 430 g/mol. The standard InChI is InChI=1S/C22H41N5O6/c1-7-13(6)17(24)21(31)26-15(10-11(2)3)20(30)25-14(8-9-16(23)28)19(29)27-18(12(4)5)22(32)33/h11-15,17-18H,7-10,24H2,1-6H3,(H2,23,28)(H,25,30)(H,26,31)(H,27,29)(H,32,33). The van der Waals surface area contributed by atoms with E-state index in [0.717, 1.165) is 0 Å². The van der Waals surface area contributed by atoms with E-state index in [-0.39, 0.29) is 24.7 Å². The molecule has 0 bridgehead atoms. The average molecular weight is 472 g/mol. The number of carboxylic acids is 1. The molecule has 4 amide bonds. The summed E-state index contributed by atoms with van der Waals surface area (Å²) in [6.45, 7) is 10.7. The van der Waals surface area contributed by atoms with Crippen LogP contribution >= 0.6 is 0 Å². The maximum Gasteiger partial charge on any atom is 0.326 e. The predicted octanol–water partition coefficient (Wildman–Crippen LogP) is -0.134. The summed E-state index contributed by atoms with van der Waals surface area (Å²) in [7, 11) is 0. The monoisotopic (exact) mass is 471 g/mol. The second kappa shape index (κ2) is 14.5. The zero-order valence-corrected chi connectivity index (χ0v) is 20.5. The second-order valence-corrected chi connectivity index (χ2v) is 9.24. The molecule has 0 rings (SSSR count). The van der Waals surface area contributed by atoms with Gasteiger partial charge in [0.2, 0.25) is 23.6 Å². The number of aliphatic carboxylic acids is 1. The van der Waals surface area contributed by atoms with Crippen molar-refractivity contribution in [2.45, 2.75) is 91.4 Å². The molecule has 0 aliphatic carbocycles. The van der Waals surface area contributed by atoms with Gasteiger partial charge in [0.25, 0.3) is 0 Å². The van der Waals surface area contributed by atoms with Crippen LogP contribution in [0.15, 0.2) is 0 Å². The Labute approximate surface area is 195 Å². The van der Waals surface area contributed by atoms with Crippen molar-refractivity contribution >= 4 is 29.6 Å². The fourth-order valence-corrected chi connectivity index (χ4v) is 3.08. The number of carbonyl (C=O) groups excluding carboxylic acids is 4. The Balaban J connectivity index is 5.60. The number of amides is 4. The number of carbonyl (C=O) groups is 5. The van der Waals surface area contributed by atoms with Crippen LogP contribution in [-0.2, 0) is 24.0 Å². The van der Waals surface area contributed by atoms with Gasteiger partial charge in [0.15, 0.2) is 0 Å². The third-order valence-electron chi connectivity index (χ3n) is 5.44. The van der Waals surface area contributed by atoms with E-state index >= 15 is 0 Å². The van der Waals surface area contributed by atoms with E-state index in [1.807, 2.05) is 27.7 Å². The van der Waals surface area contributed by atoms with Gasteiger partial charge in [0.1, 0.15) is 18.1 Å². The molecule has 5 atom stereocenters. The summed E-state index contributed by atoms with van der Waals surface area (Å²) in [4.78, 5) is 61.0. The van der Waals surface area contributed by atoms with Crippen LogP contribution in [0.3, 0.4) is 0 Å². The lowest BCUT2D eigenvalue weighted by molar-refractivity contribution is -0.143. The lowest BCUT2D eigenvalue weighted by atomic mass is 9.97.